The molecule has 1 heterocycles. The molecule has 5 rings (SSSR count). The van der Waals surface area contributed by atoms with Crippen LogP contribution in [-0.4, -0.2) is 37.5 Å². The number of rotatable bonds is 6. The van der Waals surface area contributed by atoms with Crippen molar-refractivity contribution in [3.05, 3.63) is 82.9 Å². The highest BCUT2D eigenvalue weighted by Gasteiger charge is 2.50. The summed E-state index contributed by atoms with van der Waals surface area (Å²) in [5.74, 6) is 1.69. The zero-order valence-electron chi connectivity index (χ0n) is 19.2. The Balaban J connectivity index is 1.36. The molecule has 0 aromatic heterocycles. The Morgan fingerprint density at radius 1 is 0.939 bits per heavy atom. The quantitative estimate of drug-likeness (QED) is 0.544. The van der Waals surface area contributed by atoms with Gasteiger partial charge in [0.1, 0.15) is 5.78 Å². The van der Waals surface area contributed by atoms with Gasteiger partial charge in [-0.15, -0.1) is 0 Å². The summed E-state index contributed by atoms with van der Waals surface area (Å²) in [7, 11) is 3.50. The number of ether oxygens (including phenoxy) is 2. The second-order valence-corrected chi connectivity index (χ2v) is 9.18. The molecule has 1 amide bonds. The first-order valence-corrected chi connectivity index (χ1v) is 11.2. The van der Waals surface area contributed by atoms with E-state index in [1.807, 2.05) is 48.5 Å². The molecule has 0 saturated heterocycles. The molecular weight excluding hydrogens is 414 g/mol. The van der Waals surface area contributed by atoms with Gasteiger partial charge in [0.2, 0.25) is 6.79 Å². The largest absolute Gasteiger partial charge is 0.454 e. The van der Waals surface area contributed by atoms with Gasteiger partial charge >= 0.3 is 0 Å². The highest BCUT2D eigenvalue weighted by atomic mass is 16.7. The number of Topliss-reactive ketones (excluding diaryl/α,β-unsaturated/α-hetero) is 1. The summed E-state index contributed by atoms with van der Waals surface area (Å²) in [5.41, 5.74) is 5.43. The van der Waals surface area contributed by atoms with Crippen molar-refractivity contribution in [2.45, 2.75) is 31.6 Å². The third kappa shape index (κ3) is 3.88. The SMILES string of the molecule is Cc1cc(CC(=O)C2(c3ccc4c(c3)OCO4)CC2)ccc1-c1cccc(C(=O)N(C)C)c1. The van der Waals surface area contributed by atoms with Gasteiger partial charge in [0.15, 0.2) is 11.5 Å². The highest BCUT2D eigenvalue weighted by molar-refractivity contribution is 5.96. The number of carbonyl (C=O) groups is 2. The fourth-order valence-corrected chi connectivity index (χ4v) is 4.64. The average Bonchev–Trinajstić information content (AvgIpc) is 3.49. The van der Waals surface area contributed by atoms with Crippen LogP contribution in [0.1, 0.15) is 39.9 Å². The summed E-state index contributed by atoms with van der Waals surface area (Å²) in [6.45, 7) is 2.28. The Kier molecular flexibility index (Phi) is 5.20. The predicted molar refractivity (Wildman–Crippen MR) is 127 cm³/mol. The summed E-state index contributed by atoms with van der Waals surface area (Å²) in [5, 5.41) is 0. The Morgan fingerprint density at radius 2 is 1.73 bits per heavy atom. The van der Waals surface area contributed by atoms with Gasteiger partial charge in [0.05, 0.1) is 5.41 Å². The monoisotopic (exact) mass is 441 g/mol. The maximum Gasteiger partial charge on any atom is 0.253 e. The molecule has 0 atom stereocenters. The lowest BCUT2D eigenvalue weighted by atomic mass is 9.87. The van der Waals surface area contributed by atoms with E-state index in [1.54, 1.807) is 19.0 Å². The zero-order chi connectivity index (χ0) is 23.2. The van der Waals surface area contributed by atoms with Crippen LogP contribution in [0.4, 0.5) is 0 Å². The molecule has 5 heteroatoms. The molecule has 3 aromatic carbocycles. The van der Waals surface area contributed by atoms with Crippen LogP contribution in [0.2, 0.25) is 0 Å². The third-order valence-corrected chi connectivity index (χ3v) is 6.69. The third-order valence-electron chi connectivity index (χ3n) is 6.69. The van der Waals surface area contributed by atoms with Crippen molar-refractivity contribution in [1.29, 1.82) is 0 Å². The van der Waals surface area contributed by atoms with Crippen LogP contribution < -0.4 is 9.47 Å². The number of ketones is 1. The fourth-order valence-electron chi connectivity index (χ4n) is 4.64. The lowest BCUT2D eigenvalue weighted by Crippen LogP contribution is -2.22. The Labute approximate surface area is 193 Å². The van der Waals surface area contributed by atoms with Crippen molar-refractivity contribution >= 4 is 11.7 Å². The number of nitrogens with zero attached hydrogens (tertiary/aromatic N) is 1. The van der Waals surface area contributed by atoms with Gasteiger partial charge in [-0.3, -0.25) is 9.59 Å². The van der Waals surface area contributed by atoms with Gasteiger partial charge in [-0.25, -0.2) is 0 Å². The van der Waals surface area contributed by atoms with Gasteiger partial charge in [0, 0.05) is 26.1 Å². The number of aryl methyl sites for hydroxylation is 1. The van der Waals surface area contributed by atoms with E-state index in [2.05, 4.69) is 19.1 Å². The van der Waals surface area contributed by atoms with E-state index in [0.29, 0.717) is 12.0 Å². The maximum atomic E-state index is 13.3. The molecule has 1 aliphatic carbocycles. The first-order chi connectivity index (χ1) is 15.9. The van der Waals surface area contributed by atoms with Crippen molar-refractivity contribution in [2.24, 2.45) is 0 Å². The van der Waals surface area contributed by atoms with Crippen molar-refractivity contribution in [3.63, 3.8) is 0 Å². The van der Waals surface area contributed by atoms with Gasteiger partial charge in [0.25, 0.3) is 5.91 Å². The molecule has 33 heavy (non-hydrogen) atoms. The van der Waals surface area contributed by atoms with E-state index in [-0.39, 0.29) is 18.5 Å². The summed E-state index contributed by atoms with van der Waals surface area (Å²) < 4.78 is 10.9. The normalized spacial score (nSPS) is 15.2. The van der Waals surface area contributed by atoms with Gasteiger partial charge in [-0.05, 0) is 71.8 Å². The summed E-state index contributed by atoms with van der Waals surface area (Å²) >= 11 is 0. The summed E-state index contributed by atoms with van der Waals surface area (Å²) in [6.07, 6.45) is 2.14. The Bertz CT molecular complexity index is 1260. The van der Waals surface area contributed by atoms with E-state index in [0.717, 1.165) is 52.2 Å². The van der Waals surface area contributed by atoms with Crippen molar-refractivity contribution in [2.75, 3.05) is 20.9 Å². The number of hydrogen-bond donors (Lipinski definition) is 0. The van der Waals surface area contributed by atoms with Crippen molar-refractivity contribution < 1.29 is 19.1 Å². The number of fused-ring (bicyclic) bond motifs is 1. The molecule has 0 bridgehead atoms. The first-order valence-electron chi connectivity index (χ1n) is 11.2. The number of carbonyl (C=O) groups excluding carboxylic acids is 2. The zero-order valence-corrected chi connectivity index (χ0v) is 19.2. The number of amides is 1. The molecule has 0 unspecified atom stereocenters. The van der Waals surface area contributed by atoms with E-state index >= 15 is 0 Å². The molecule has 5 nitrogen and oxygen atoms in total. The molecule has 2 aliphatic rings. The molecule has 1 aliphatic heterocycles. The van der Waals surface area contributed by atoms with Gasteiger partial charge < -0.3 is 14.4 Å². The van der Waals surface area contributed by atoms with Crippen molar-refractivity contribution in [3.8, 4) is 22.6 Å². The topological polar surface area (TPSA) is 55.8 Å². The van der Waals surface area contributed by atoms with Crippen LogP contribution in [0.5, 0.6) is 11.5 Å². The van der Waals surface area contributed by atoms with E-state index < -0.39 is 5.41 Å². The van der Waals surface area contributed by atoms with E-state index in [4.69, 9.17) is 9.47 Å². The fraction of sp³-hybridized carbons (Fsp3) is 0.286. The highest BCUT2D eigenvalue weighted by Crippen LogP contribution is 2.51. The Hall–Kier alpha value is -3.60. The molecule has 0 radical (unpaired) electrons. The van der Waals surface area contributed by atoms with Crippen LogP contribution in [-0.2, 0) is 16.6 Å². The van der Waals surface area contributed by atoms with Crippen LogP contribution in [0.3, 0.4) is 0 Å². The second-order valence-electron chi connectivity index (χ2n) is 9.18. The molecule has 3 aromatic rings. The predicted octanol–water partition coefficient (Wildman–Crippen LogP) is 4.94. The number of hydrogen-bond acceptors (Lipinski definition) is 4. The lowest BCUT2D eigenvalue weighted by Gasteiger charge is -2.16. The maximum absolute atomic E-state index is 13.3. The minimum Gasteiger partial charge on any atom is -0.454 e. The Morgan fingerprint density at radius 3 is 2.45 bits per heavy atom. The van der Waals surface area contributed by atoms with E-state index in [1.165, 1.54) is 0 Å². The smallest absolute Gasteiger partial charge is 0.253 e. The van der Waals surface area contributed by atoms with Crippen LogP contribution in [0, 0.1) is 6.92 Å². The summed E-state index contributed by atoms with van der Waals surface area (Å²) in [4.78, 5) is 27.3. The number of benzene rings is 3. The molecule has 0 spiro atoms. The van der Waals surface area contributed by atoms with Gasteiger partial charge in [-0.1, -0.05) is 36.4 Å². The van der Waals surface area contributed by atoms with Crippen LogP contribution in [0.15, 0.2) is 60.7 Å². The molecule has 1 fully saturated rings. The van der Waals surface area contributed by atoms with Crippen LogP contribution in [0.25, 0.3) is 11.1 Å². The molecule has 0 N–H and O–H groups in total. The minimum absolute atomic E-state index is 0.0185. The second kappa shape index (κ2) is 8.07. The average molecular weight is 442 g/mol. The lowest BCUT2D eigenvalue weighted by molar-refractivity contribution is -0.120. The molecular formula is C28H27NO4. The minimum atomic E-state index is -0.408. The molecule has 1 saturated carbocycles. The molecule has 168 valence electrons. The van der Waals surface area contributed by atoms with Gasteiger partial charge in [-0.2, -0.15) is 0 Å². The van der Waals surface area contributed by atoms with E-state index in [9.17, 15) is 9.59 Å². The standard InChI is InChI=1S/C28H27NO4/c1-18-13-19(7-9-23(18)20-5-4-6-21(15-20)27(31)29(2)3)14-26(30)28(11-12-28)22-8-10-24-25(16-22)33-17-32-24/h4-10,13,15-16H,11-12,14,17H2,1-3H3. The summed E-state index contributed by atoms with van der Waals surface area (Å²) in [6, 6.07) is 19.7. The van der Waals surface area contributed by atoms with Crippen molar-refractivity contribution in [1.82, 2.24) is 4.90 Å². The first kappa shape index (κ1) is 21.3. The van der Waals surface area contributed by atoms with Crippen LogP contribution >= 0.6 is 0 Å².